The van der Waals surface area contributed by atoms with E-state index in [1.165, 1.54) is 4.90 Å². The topological polar surface area (TPSA) is 58.6 Å². The van der Waals surface area contributed by atoms with Crippen LogP contribution in [0.4, 0.5) is 0 Å². The van der Waals surface area contributed by atoms with Crippen molar-refractivity contribution < 1.29 is 14.3 Å². The number of rotatable bonds is 9. The second-order valence-electron chi connectivity index (χ2n) is 7.19. The van der Waals surface area contributed by atoms with Crippen LogP contribution in [0.5, 0.6) is 5.75 Å². The molecular formula is C23H29ClN2O3. The maximum atomic E-state index is 13.0. The van der Waals surface area contributed by atoms with Gasteiger partial charge < -0.3 is 15.0 Å². The molecule has 29 heavy (non-hydrogen) atoms. The molecule has 2 aromatic rings. The number of hydrogen-bond acceptors (Lipinski definition) is 3. The molecule has 0 fully saturated rings. The quantitative estimate of drug-likeness (QED) is 0.663. The fraction of sp³-hybridized carbons (Fsp3) is 0.391. The van der Waals surface area contributed by atoms with Crippen molar-refractivity contribution in [3.8, 4) is 5.75 Å². The molecule has 0 saturated heterocycles. The summed E-state index contributed by atoms with van der Waals surface area (Å²) in [5.74, 6) is 0.165. The summed E-state index contributed by atoms with van der Waals surface area (Å²) in [6.07, 6.45) is 0.826. The Labute approximate surface area is 178 Å². The van der Waals surface area contributed by atoms with Gasteiger partial charge >= 0.3 is 0 Å². The van der Waals surface area contributed by atoms with Crippen molar-refractivity contribution in [2.75, 3.05) is 13.2 Å². The average Bonchev–Trinajstić information content (AvgIpc) is 2.68. The number of halogens is 1. The largest absolute Gasteiger partial charge is 0.484 e. The van der Waals surface area contributed by atoms with Crippen LogP contribution in [0.1, 0.15) is 37.0 Å². The van der Waals surface area contributed by atoms with E-state index >= 15 is 0 Å². The number of ether oxygens (including phenoxy) is 1. The molecule has 0 bridgehead atoms. The fourth-order valence-electron chi connectivity index (χ4n) is 3.03. The summed E-state index contributed by atoms with van der Waals surface area (Å²) in [7, 11) is 0. The van der Waals surface area contributed by atoms with Crippen LogP contribution in [0.3, 0.4) is 0 Å². The molecule has 5 nitrogen and oxygen atoms in total. The molecule has 0 aliphatic heterocycles. The third-order valence-electron chi connectivity index (χ3n) is 4.57. The highest BCUT2D eigenvalue weighted by molar-refractivity contribution is 6.31. The number of carbonyl (C=O) groups is 2. The van der Waals surface area contributed by atoms with Crippen LogP contribution >= 0.6 is 11.6 Å². The monoisotopic (exact) mass is 416 g/mol. The number of carbonyl (C=O) groups excluding carboxylic acids is 2. The molecular weight excluding hydrogens is 388 g/mol. The maximum absolute atomic E-state index is 13.0. The number of hydrogen-bond donors (Lipinski definition) is 1. The first kappa shape index (κ1) is 22.8. The molecule has 2 aromatic carbocycles. The van der Waals surface area contributed by atoms with Gasteiger partial charge in [0.15, 0.2) is 6.61 Å². The smallest absolute Gasteiger partial charge is 0.261 e. The summed E-state index contributed by atoms with van der Waals surface area (Å²) >= 11 is 6.28. The molecule has 2 rings (SSSR count). The predicted molar refractivity (Wildman–Crippen MR) is 116 cm³/mol. The van der Waals surface area contributed by atoms with Gasteiger partial charge in [-0.15, -0.1) is 0 Å². The molecule has 0 spiro atoms. The summed E-state index contributed by atoms with van der Waals surface area (Å²) in [6.45, 7) is 8.30. The molecule has 1 N–H and O–H groups in total. The van der Waals surface area contributed by atoms with Crippen LogP contribution in [0, 0.1) is 13.8 Å². The van der Waals surface area contributed by atoms with Gasteiger partial charge in [0, 0.05) is 18.1 Å². The van der Waals surface area contributed by atoms with Crippen molar-refractivity contribution >= 4 is 23.4 Å². The van der Waals surface area contributed by atoms with Crippen LogP contribution in [-0.4, -0.2) is 35.9 Å². The van der Waals surface area contributed by atoms with Gasteiger partial charge in [-0.3, -0.25) is 9.59 Å². The Bertz CT molecular complexity index is 834. The Hall–Kier alpha value is -2.53. The van der Waals surface area contributed by atoms with Gasteiger partial charge in [0.2, 0.25) is 5.91 Å². The number of benzene rings is 2. The summed E-state index contributed by atoms with van der Waals surface area (Å²) < 4.78 is 5.73. The average molecular weight is 417 g/mol. The van der Waals surface area contributed by atoms with Crippen molar-refractivity contribution in [2.24, 2.45) is 0 Å². The fourth-order valence-corrected chi connectivity index (χ4v) is 3.23. The Morgan fingerprint density at radius 1 is 1.14 bits per heavy atom. The van der Waals surface area contributed by atoms with Crippen LogP contribution in [-0.2, 0) is 16.1 Å². The predicted octanol–water partition coefficient (Wildman–Crippen LogP) is 4.28. The Morgan fingerprint density at radius 2 is 1.79 bits per heavy atom. The second kappa shape index (κ2) is 10.9. The van der Waals surface area contributed by atoms with Crippen molar-refractivity contribution in [3.63, 3.8) is 0 Å². The van der Waals surface area contributed by atoms with Crippen molar-refractivity contribution in [3.05, 3.63) is 64.2 Å². The molecule has 0 aromatic heterocycles. The minimum absolute atomic E-state index is 0.154. The molecule has 6 heteroatoms. The van der Waals surface area contributed by atoms with E-state index in [2.05, 4.69) is 5.32 Å². The van der Waals surface area contributed by atoms with E-state index in [0.29, 0.717) is 17.3 Å². The van der Waals surface area contributed by atoms with E-state index in [4.69, 9.17) is 16.3 Å². The summed E-state index contributed by atoms with van der Waals surface area (Å²) in [5.41, 5.74) is 2.91. The zero-order valence-corrected chi connectivity index (χ0v) is 18.3. The van der Waals surface area contributed by atoms with E-state index < -0.39 is 6.04 Å². The molecule has 0 saturated carbocycles. The highest BCUT2D eigenvalue weighted by Gasteiger charge is 2.26. The summed E-state index contributed by atoms with van der Waals surface area (Å²) in [6, 6.07) is 12.5. The molecule has 0 heterocycles. The molecule has 0 aliphatic carbocycles. The number of nitrogens with one attached hydrogen (secondary N) is 1. The first-order chi connectivity index (χ1) is 13.8. The van der Waals surface area contributed by atoms with Crippen molar-refractivity contribution in [2.45, 2.75) is 46.7 Å². The van der Waals surface area contributed by atoms with E-state index in [9.17, 15) is 9.59 Å². The van der Waals surface area contributed by atoms with Crippen molar-refractivity contribution in [1.82, 2.24) is 10.2 Å². The first-order valence-electron chi connectivity index (χ1n) is 9.83. The third kappa shape index (κ3) is 6.79. The minimum Gasteiger partial charge on any atom is -0.484 e. The number of aryl methyl sites for hydroxylation is 2. The highest BCUT2D eigenvalue weighted by atomic mass is 35.5. The van der Waals surface area contributed by atoms with Crippen LogP contribution in [0.2, 0.25) is 5.02 Å². The summed E-state index contributed by atoms with van der Waals surface area (Å²) in [4.78, 5) is 27.0. The minimum atomic E-state index is -0.645. The van der Waals surface area contributed by atoms with Gasteiger partial charge in [-0.2, -0.15) is 0 Å². The van der Waals surface area contributed by atoms with Crippen molar-refractivity contribution in [1.29, 1.82) is 0 Å². The molecule has 1 atom stereocenters. The van der Waals surface area contributed by atoms with Gasteiger partial charge in [-0.1, -0.05) is 42.8 Å². The van der Waals surface area contributed by atoms with E-state index in [-0.39, 0.29) is 25.0 Å². The third-order valence-corrected chi connectivity index (χ3v) is 4.94. The van der Waals surface area contributed by atoms with E-state index in [0.717, 1.165) is 23.1 Å². The van der Waals surface area contributed by atoms with Gasteiger partial charge in [0.05, 0.1) is 0 Å². The van der Waals surface area contributed by atoms with Gasteiger partial charge in [0.25, 0.3) is 5.91 Å². The maximum Gasteiger partial charge on any atom is 0.261 e. The van der Waals surface area contributed by atoms with Crippen LogP contribution < -0.4 is 10.1 Å². The lowest BCUT2D eigenvalue weighted by molar-refractivity contribution is -0.142. The molecule has 0 aliphatic rings. The molecule has 2 amide bonds. The molecule has 0 radical (unpaired) electrons. The molecule has 156 valence electrons. The number of nitrogens with zero attached hydrogens (tertiary/aromatic N) is 1. The van der Waals surface area contributed by atoms with Gasteiger partial charge in [-0.25, -0.2) is 0 Å². The van der Waals surface area contributed by atoms with Gasteiger partial charge in [0.1, 0.15) is 11.8 Å². The Kier molecular flexibility index (Phi) is 8.52. The molecule has 0 unspecified atom stereocenters. The lowest BCUT2D eigenvalue weighted by atomic mass is 10.1. The van der Waals surface area contributed by atoms with Crippen LogP contribution in [0.25, 0.3) is 0 Å². The van der Waals surface area contributed by atoms with Gasteiger partial charge in [-0.05, 0) is 62.1 Å². The zero-order chi connectivity index (χ0) is 21.4. The first-order valence-corrected chi connectivity index (χ1v) is 10.2. The Morgan fingerprint density at radius 3 is 2.41 bits per heavy atom. The summed E-state index contributed by atoms with van der Waals surface area (Å²) in [5, 5.41) is 3.41. The second-order valence-corrected chi connectivity index (χ2v) is 7.60. The zero-order valence-electron chi connectivity index (χ0n) is 17.5. The number of amides is 2. The standard InChI is InChI=1S/C23H29ClN2O3/c1-5-10-25-23(28)18(4)26(14-19-8-6-7-9-21(19)24)22(27)15-29-20-12-16(2)11-17(3)13-20/h6-9,11-13,18H,5,10,14-15H2,1-4H3,(H,25,28)/t18-/m0/s1. The lowest BCUT2D eigenvalue weighted by Crippen LogP contribution is -2.49. The Balaban J connectivity index is 2.17. The normalized spacial score (nSPS) is 11.6. The lowest BCUT2D eigenvalue weighted by Gasteiger charge is -2.29. The van der Waals surface area contributed by atoms with E-state index in [1.54, 1.807) is 13.0 Å². The van der Waals surface area contributed by atoms with E-state index in [1.807, 2.05) is 57.2 Å². The van der Waals surface area contributed by atoms with Crippen LogP contribution in [0.15, 0.2) is 42.5 Å². The highest BCUT2D eigenvalue weighted by Crippen LogP contribution is 2.20. The SMILES string of the molecule is CCCNC(=O)[C@H](C)N(Cc1ccccc1Cl)C(=O)COc1cc(C)cc(C)c1.